The van der Waals surface area contributed by atoms with Crippen LogP contribution < -0.4 is 18.9 Å². The molecule has 4 nitrogen and oxygen atoms in total. The van der Waals surface area contributed by atoms with Crippen molar-refractivity contribution in [2.45, 2.75) is 155 Å². The van der Waals surface area contributed by atoms with Crippen LogP contribution in [0.1, 0.15) is 156 Å². The van der Waals surface area contributed by atoms with Gasteiger partial charge in [0.05, 0.1) is 0 Å². The van der Waals surface area contributed by atoms with Gasteiger partial charge in [-0.05, 0) is 158 Å². The van der Waals surface area contributed by atoms with Gasteiger partial charge in [0, 0.05) is 16.2 Å². The smallest absolute Gasteiger partial charge is 0.127 e. The molecule has 0 aliphatic carbocycles. The minimum Gasteiger partial charge on any atom is -0.488 e. The van der Waals surface area contributed by atoms with Crippen LogP contribution in [0.3, 0.4) is 0 Å². The van der Waals surface area contributed by atoms with Crippen LogP contribution >= 0.6 is 0 Å². The van der Waals surface area contributed by atoms with E-state index in [9.17, 15) is 0 Å². The van der Waals surface area contributed by atoms with Gasteiger partial charge in [0.15, 0.2) is 0 Å². The molecule has 0 spiro atoms. The van der Waals surface area contributed by atoms with E-state index in [-0.39, 0.29) is 27.3 Å². The van der Waals surface area contributed by atoms with Crippen molar-refractivity contribution in [3.8, 4) is 34.5 Å². The normalized spacial score (nSPS) is 14.3. The molecule has 0 N–H and O–H groups in total. The first-order chi connectivity index (χ1) is 30.2. The lowest BCUT2D eigenvalue weighted by Crippen LogP contribution is -2.51. The van der Waals surface area contributed by atoms with Gasteiger partial charge in [0.25, 0.3) is 0 Å². The Bertz CT molecular complexity index is 2420. The maximum Gasteiger partial charge on any atom is 0.127 e. The fourth-order valence-corrected chi connectivity index (χ4v) is 8.55. The zero-order valence-corrected chi connectivity index (χ0v) is 41.3. The molecular formula is C60H74O4. The SMILES string of the molecule is CCC(C)(C)Oc1ccc(C(C)(C)c2ccc(Oc3ccc(C(C)(CC)C(C)(CC)Oc4ccc(C(C)(C)c5ccc(Oc6cccc(C(C)(C)CC)c6)cc5)cc4)cc3)cc2)cc1. The highest BCUT2D eigenvalue weighted by Gasteiger charge is 2.45. The summed E-state index contributed by atoms with van der Waals surface area (Å²) in [6.45, 7) is 31.3. The van der Waals surface area contributed by atoms with E-state index in [1.165, 1.54) is 33.4 Å². The molecule has 0 aromatic heterocycles. The zero-order chi connectivity index (χ0) is 46.6. The summed E-state index contributed by atoms with van der Waals surface area (Å²) in [5.74, 6) is 5.08. The van der Waals surface area contributed by atoms with Gasteiger partial charge in [-0.3, -0.25) is 0 Å². The van der Waals surface area contributed by atoms with E-state index in [1.807, 2.05) is 6.07 Å². The van der Waals surface area contributed by atoms with Crippen molar-refractivity contribution in [2.75, 3.05) is 0 Å². The minimum absolute atomic E-state index is 0.105. The van der Waals surface area contributed by atoms with E-state index in [1.54, 1.807) is 0 Å². The summed E-state index contributed by atoms with van der Waals surface area (Å²) < 4.78 is 25.9. The Hall–Kier alpha value is -5.48. The van der Waals surface area contributed by atoms with Crippen LogP contribution in [-0.2, 0) is 21.7 Å². The molecule has 0 aliphatic rings. The largest absolute Gasteiger partial charge is 0.488 e. The molecule has 4 heteroatoms. The molecule has 6 rings (SSSR count). The number of benzene rings is 6. The molecule has 0 amide bonds. The Balaban J connectivity index is 1.10. The van der Waals surface area contributed by atoms with Gasteiger partial charge in [-0.2, -0.15) is 0 Å². The van der Waals surface area contributed by atoms with E-state index in [0.29, 0.717) is 0 Å². The van der Waals surface area contributed by atoms with Crippen LogP contribution in [0.25, 0.3) is 0 Å². The van der Waals surface area contributed by atoms with Gasteiger partial charge in [-0.15, -0.1) is 0 Å². The molecule has 6 aromatic carbocycles. The maximum absolute atomic E-state index is 7.02. The molecule has 2 atom stereocenters. The second kappa shape index (κ2) is 18.9. The Morgan fingerprint density at radius 1 is 0.328 bits per heavy atom. The van der Waals surface area contributed by atoms with Gasteiger partial charge in [-0.1, -0.05) is 149 Å². The third-order valence-electron chi connectivity index (χ3n) is 14.9. The first-order valence-corrected chi connectivity index (χ1v) is 23.6. The Morgan fingerprint density at radius 2 is 0.703 bits per heavy atom. The topological polar surface area (TPSA) is 36.9 Å². The monoisotopic (exact) mass is 859 g/mol. The van der Waals surface area contributed by atoms with Crippen molar-refractivity contribution >= 4 is 0 Å². The van der Waals surface area contributed by atoms with E-state index < -0.39 is 5.60 Å². The molecule has 338 valence electrons. The van der Waals surface area contributed by atoms with Gasteiger partial charge in [0.2, 0.25) is 0 Å². The van der Waals surface area contributed by atoms with E-state index in [2.05, 4.69) is 236 Å². The molecule has 2 unspecified atom stereocenters. The third-order valence-corrected chi connectivity index (χ3v) is 14.9. The first-order valence-electron chi connectivity index (χ1n) is 23.6. The van der Waals surface area contributed by atoms with Crippen LogP contribution in [0, 0.1) is 0 Å². The summed E-state index contributed by atoms with van der Waals surface area (Å²) in [4.78, 5) is 0. The molecule has 0 aliphatic heterocycles. The summed E-state index contributed by atoms with van der Waals surface area (Å²) in [6, 6.07) is 51.2. The van der Waals surface area contributed by atoms with Crippen molar-refractivity contribution in [1.29, 1.82) is 0 Å². The summed E-state index contributed by atoms with van der Waals surface area (Å²) in [7, 11) is 0. The Morgan fingerprint density at radius 3 is 1.08 bits per heavy atom. The second-order valence-corrected chi connectivity index (χ2v) is 20.4. The highest BCUT2D eigenvalue weighted by molar-refractivity contribution is 5.46. The van der Waals surface area contributed by atoms with Crippen LogP contribution in [0.5, 0.6) is 34.5 Å². The highest BCUT2D eigenvalue weighted by Crippen LogP contribution is 2.45. The lowest BCUT2D eigenvalue weighted by molar-refractivity contribution is 0.00300. The number of rotatable bonds is 19. The lowest BCUT2D eigenvalue weighted by atomic mass is 9.66. The van der Waals surface area contributed by atoms with Gasteiger partial charge < -0.3 is 18.9 Å². The first kappa shape index (κ1) is 48.0. The third kappa shape index (κ3) is 10.4. The van der Waals surface area contributed by atoms with Crippen molar-refractivity contribution in [3.63, 3.8) is 0 Å². The molecule has 0 saturated carbocycles. The average Bonchev–Trinajstić information content (AvgIpc) is 3.29. The van der Waals surface area contributed by atoms with E-state index in [0.717, 1.165) is 60.2 Å². The van der Waals surface area contributed by atoms with Crippen LogP contribution in [0.15, 0.2) is 146 Å². The summed E-state index contributed by atoms with van der Waals surface area (Å²) in [5.41, 5.74) is 6.20. The van der Waals surface area contributed by atoms with Crippen LogP contribution in [0.2, 0.25) is 0 Å². The van der Waals surface area contributed by atoms with Gasteiger partial charge in [0.1, 0.15) is 45.7 Å². The molecule has 0 radical (unpaired) electrons. The minimum atomic E-state index is -0.467. The molecule has 6 aromatic rings. The second-order valence-electron chi connectivity index (χ2n) is 20.4. The summed E-state index contributed by atoms with van der Waals surface area (Å²) >= 11 is 0. The molecule has 0 heterocycles. The predicted molar refractivity (Wildman–Crippen MR) is 268 cm³/mol. The Labute approximate surface area is 386 Å². The zero-order valence-electron chi connectivity index (χ0n) is 41.3. The molecule has 0 fully saturated rings. The van der Waals surface area contributed by atoms with Crippen molar-refractivity contribution in [1.82, 2.24) is 0 Å². The lowest BCUT2D eigenvalue weighted by Gasteiger charge is -2.46. The molecular weight excluding hydrogens is 785 g/mol. The quantitative estimate of drug-likeness (QED) is 0.0813. The maximum atomic E-state index is 7.02. The van der Waals surface area contributed by atoms with E-state index in [4.69, 9.17) is 18.9 Å². The molecule has 0 bridgehead atoms. The fourth-order valence-electron chi connectivity index (χ4n) is 8.55. The molecule has 64 heavy (non-hydrogen) atoms. The van der Waals surface area contributed by atoms with Gasteiger partial charge in [-0.25, -0.2) is 0 Å². The van der Waals surface area contributed by atoms with Crippen LogP contribution in [0.4, 0.5) is 0 Å². The number of hydrogen-bond donors (Lipinski definition) is 0. The molecule has 0 saturated heterocycles. The Kier molecular flexibility index (Phi) is 14.2. The van der Waals surface area contributed by atoms with E-state index >= 15 is 0 Å². The van der Waals surface area contributed by atoms with Gasteiger partial charge >= 0.3 is 0 Å². The van der Waals surface area contributed by atoms with Crippen molar-refractivity contribution in [3.05, 3.63) is 179 Å². The summed E-state index contributed by atoms with van der Waals surface area (Å²) in [6.07, 6.45) is 3.77. The number of hydrogen-bond acceptors (Lipinski definition) is 4. The predicted octanol–water partition coefficient (Wildman–Crippen LogP) is 17.1. The highest BCUT2D eigenvalue weighted by atomic mass is 16.5. The number of ether oxygens (including phenoxy) is 4. The average molecular weight is 859 g/mol. The summed E-state index contributed by atoms with van der Waals surface area (Å²) in [5, 5.41) is 0. The van der Waals surface area contributed by atoms with Crippen molar-refractivity contribution in [2.24, 2.45) is 0 Å². The van der Waals surface area contributed by atoms with Crippen molar-refractivity contribution < 1.29 is 18.9 Å². The fraction of sp³-hybridized carbons (Fsp3) is 0.400. The standard InChI is InChI=1S/C60H74O4/c1-15-55(5,6)48-20-19-21-54(42-48)62-51-34-24-44(25-35-51)58(11,12)46-28-40-53(41-29-46)64-60(14,18-4)59(13,17-3)47-30-36-50(37-31-47)61-49-32-22-43(23-33-49)57(9,10)45-26-38-52(39-27-45)63-56(7,8)16-2/h19-42H,15-18H2,1-14H3. The van der Waals surface area contributed by atoms with Crippen LogP contribution in [-0.4, -0.2) is 11.2 Å².